The maximum Gasteiger partial charge on any atom is 0.0540 e. The normalized spacial score (nSPS) is 11.2. The van der Waals surface area contributed by atoms with Gasteiger partial charge in [0.1, 0.15) is 0 Å². The molecule has 0 aromatic heterocycles. The molecule has 0 bridgehead atoms. The molecule has 0 aliphatic heterocycles. The Morgan fingerprint density at radius 3 is 0.635 bits per heavy atom. The Morgan fingerprint density at radius 2 is 0.338 bits per heavy atom. The van der Waals surface area contributed by atoms with E-state index in [9.17, 15) is 0 Å². The van der Waals surface area contributed by atoms with Crippen molar-refractivity contribution in [2.24, 2.45) is 0 Å². The Kier molecular flexibility index (Phi) is 11.5. The van der Waals surface area contributed by atoms with Crippen LogP contribution < -0.4 is 19.6 Å². The van der Waals surface area contributed by atoms with E-state index in [0.717, 1.165) is 68.2 Å². The SMILES string of the molecule is c1ccc(N(c2ccc(N(c3ccc(N(c4ccccc4)c4cccc5ccccc45)cc3)c3ccc(N(c4cccc5ccccc45)c4cccc5ccccc45)cc3)cc2)c2cccc3ccccc23)cc1. The summed E-state index contributed by atoms with van der Waals surface area (Å²) in [4.78, 5) is 9.51. The Morgan fingerprint density at radius 1 is 0.135 bits per heavy atom. The number of fused-ring (bicyclic) bond motifs is 4. The maximum absolute atomic E-state index is 2.42. The lowest BCUT2D eigenvalue weighted by molar-refractivity contribution is 1.24. The van der Waals surface area contributed by atoms with Crippen LogP contribution in [0.25, 0.3) is 43.1 Å². The molecule has 0 fully saturated rings. The van der Waals surface area contributed by atoms with Crippen LogP contribution in [0.15, 0.2) is 303 Å². The molecule has 0 N–H and O–H groups in total. The van der Waals surface area contributed by atoms with Gasteiger partial charge < -0.3 is 19.6 Å². The minimum atomic E-state index is 1.04. The van der Waals surface area contributed by atoms with Gasteiger partial charge in [0.15, 0.2) is 0 Å². The predicted molar refractivity (Wildman–Crippen MR) is 315 cm³/mol. The largest absolute Gasteiger partial charge is 0.310 e. The molecule has 0 saturated carbocycles. The van der Waals surface area contributed by atoms with Crippen molar-refractivity contribution >= 4 is 111 Å². The van der Waals surface area contributed by atoms with Crippen molar-refractivity contribution in [3.8, 4) is 0 Å². The highest BCUT2D eigenvalue weighted by molar-refractivity contribution is 6.05. The van der Waals surface area contributed by atoms with Gasteiger partial charge in [-0.25, -0.2) is 0 Å². The Balaban J connectivity index is 0.953. The van der Waals surface area contributed by atoms with Gasteiger partial charge in [-0.15, -0.1) is 0 Å². The summed E-state index contributed by atoms with van der Waals surface area (Å²) < 4.78 is 0. The highest BCUT2D eigenvalue weighted by Gasteiger charge is 2.22. The van der Waals surface area contributed by atoms with Gasteiger partial charge in [0.2, 0.25) is 0 Å². The number of para-hydroxylation sites is 2. The molecule has 0 aliphatic rings. The van der Waals surface area contributed by atoms with E-state index in [0.29, 0.717) is 0 Å². The van der Waals surface area contributed by atoms with Crippen LogP contribution in [0, 0.1) is 0 Å². The predicted octanol–water partition coefficient (Wildman–Crippen LogP) is 20.2. The zero-order chi connectivity index (χ0) is 49.2. The van der Waals surface area contributed by atoms with E-state index in [1.165, 1.54) is 43.1 Å². The van der Waals surface area contributed by atoms with Crippen molar-refractivity contribution in [2.75, 3.05) is 19.6 Å². The van der Waals surface area contributed by atoms with Crippen LogP contribution in [0.3, 0.4) is 0 Å². The molecule has 0 saturated heterocycles. The second-order valence-corrected chi connectivity index (χ2v) is 18.6. The zero-order valence-corrected chi connectivity index (χ0v) is 40.7. The molecule has 4 heteroatoms. The molecule has 0 spiro atoms. The molecule has 350 valence electrons. The summed E-state index contributed by atoms with van der Waals surface area (Å²) in [6.45, 7) is 0. The van der Waals surface area contributed by atoms with E-state index in [1.54, 1.807) is 0 Å². The molecule has 0 amide bonds. The van der Waals surface area contributed by atoms with E-state index < -0.39 is 0 Å². The van der Waals surface area contributed by atoms with E-state index in [1.807, 2.05) is 0 Å². The van der Waals surface area contributed by atoms with Gasteiger partial charge in [-0.05, 0) is 143 Å². The van der Waals surface area contributed by atoms with Gasteiger partial charge in [-0.1, -0.05) is 182 Å². The summed E-state index contributed by atoms with van der Waals surface area (Å²) in [6.07, 6.45) is 0. The Bertz CT molecular complexity index is 3810. The van der Waals surface area contributed by atoms with Gasteiger partial charge in [0.05, 0.1) is 22.7 Å². The fourth-order valence-corrected chi connectivity index (χ4v) is 10.7. The summed E-state index contributed by atoms with van der Waals surface area (Å²) in [6, 6.07) is 109. The summed E-state index contributed by atoms with van der Waals surface area (Å²) in [5.41, 5.74) is 13.0. The van der Waals surface area contributed by atoms with Gasteiger partial charge in [0, 0.05) is 67.0 Å². The molecular formula is C70H50N4. The topological polar surface area (TPSA) is 13.0 Å². The Labute approximate surface area is 432 Å². The Hall–Kier alpha value is -9.90. The lowest BCUT2D eigenvalue weighted by Gasteiger charge is -2.31. The average Bonchev–Trinajstić information content (AvgIpc) is 3.47. The third-order valence-corrected chi connectivity index (χ3v) is 14.2. The van der Waals surface area contributed by atoms with Crippen molar-refractivity contribution in [3.05, 3.63) is 303 Å². The van der Waals surface area contributed by atoms with Crippen molar-refractivity contribution in [1.29, 1.82) is 0 Å². The van der Waals surface area contributed by atoms with Crippen LogP contribution in [0.2, 0.25) is 0 Å². The summed E-state index contributed by atoms with van der Waals surface area (Å²) in [7, 11) is 0. The first-order valence-electron chi connectivity index (χ1n) is 25.3. The third kappa shape index (κ3) is 8.20. The standard InChI is InChI=1S/C70H50N4/c1-3-27-55(28-4-1)72(67-35-15-23-51-19-7-11-31-63(51)67)60-45-39-57(40-46-60)71(58-41-47-61(48-42-58)73(56-29-5-2-6-30-56)68-36-16-24-52-20-8-12-32-64(52)68)59-43-49-62(50-44-59)74(69-37-17-25-53-21-9-13-33-65(53)69)70-38-18-26-54-22-10-14-34-66(54)70/h1-50H. The quantitative estimate of drug-likeness (QED) is 0.121. The average molecular weight is 947 g/mol. The lowest BCUT2D eigenvalue weighted by Crippen LogP contribution is -2.14. The van der Waals surface area contributed by atoms with E-state index in [-0.39, 0.29) is 0 Å². The molecular weight excluding hydrogens is 897 g/mol. The molecule has 0 heterocycles. The van der Waals surface area contributed by atoms with Crippen molar-refractivity contribution in [1.82, 2.24) is 0 Å². The van der Waals surface area contributed by atoms with E-state index >= 15 is 0 Å². The van der Waals surface area contributed by atoms with Crippen LogP contribution in [-0.2, 0) is 0 Å². The summed E-state index contributed by atoms with van der Waals surface area (Å²) >= 11 is 0. The highest BCUT2D eigenvalue weighted by Crippen LogP contribution is 2.46. The molecule has 0 unspecified atom stereocenters. The van der Waals surface area contributed by atoms with E-state index in [2.05, 4.69) is 323 Å². The monoisotopic (exact) mass is 946 g/mol. The van der Waals surface area contributed by atoms with Gasteiger partial charge >= 0.3 is 0 Å². The first-order valence-corrected chi connectivity index (χ1v) is 25.3. The van der Waals surface area contributed by atoms with Gasteiger partial charge in [-0.3, -0.25) is 0 Å². The molecule has 13 aromatic carbocycles. The molecule has 13 rings (SSSR count). The second kappa shape index (κ2) is 19.4. The first kappa shape index (κ1) is 44.1. The fourth-order valence-electron chi connectivity index (χ4n) is 10.7. The van der Waals surface area contributed by atoms with Crippen LogP contribution in [-0.4, -0.2) is 0 Å². The number of hydrogen-bond donors (Lipinski definition) is 0. The van der Waals surface area contributed by atoms with E-state index in [4.69, 9.17) is 0 Å². The minimum absolute atomic E-state index is 1.04. The van der Waals surface area contributed by atoms with Crippen LogP contribution in [0.5, 0.6) is 0 Å². The maximum atomic E-state index is 2.42. The fraction of sp³-hybridized carbons (Fsp3) is 0. The molecule has 13 aromatic rings. The number of anilines is 12. The van der Waals surface area contributed by atoms with Crippen LogP contribution >= 0.6 is 0 Å². The third-order valence-electron chi connectivity index (χ3n) is 14.2. The summed E-state index contributed by atoms with van der Waals surface area (Å²) in [5, 5.41) is 9.56. The summed E-state index contributed by atoms with van der Waals surface area (Å²) in [5.74, 6) is 0. The van der Waals surface area contributed by atoms with Gasteiger partial charge in [-0.2, -0.15) is 0 Å². The molecule has 4 nitrogen and oxygen atoms in total. The molecule has 0 atom stereocenters. The molecule has 74 heavy (non-hydrogen) atoms. The zero-order valence-electron chi connectivity index (χ0n) is 40.7. The van der Waals surface area contributed by atoms with Gasteiger partial charge in [0.25, 0.3) is 0 Å². The van der Waals surface area contributed by atoms with Crippen molar-refractivity contribution in [2.45, 2.75) is 0 Å². The van der Waals surface area contributed by atoms with Crippen molar-refractivity contribution < 1.29 is 0 Å². The molecule has 0 radical (unpaired) electrons. The minimum Gasteiger partial charge on any atom is -0.310 e. The lowest BCUT2D eigenvalue weighted by atomic mass is 10.0. The number of nitrogens with zero attached hydrogens (tertiary/aromatic N) is 4. The first-order chi connectivity index (χ1) is 36.7. The number of hydrogen-bond acceptors (Lipinski definition) is 4. The molecule has 0 aliphatic carbocycles. The van der Waals surface area contributed by atoms with Crippen LogP contribution in [0.1, 0.15) is 0 Å². The number of benzene rings is 13. The smallest absolute Gasteiger partial charge is 0.0540 e. The van der Waals surface area contributed by atoms with Crippen molar-refractivity contribution in [3.63, 3.8) is 0 Å². The highest BCUT2D eigenvalue weighted by atomic mass is 15.2. The second-order valence-electron chi connectivity index (χ2n) is 18.6. The van der Waals surface area contributed by atoms with Crippen LogP contribution in [0.4, 0.5) is 68.2 Å². The number of rotatable bonds is 12.